The van der Waals surface area contributed by atoms with Gasteiger partial charge in [0.2, 0.25) is 0 Å². The van der Waals surface area contributed by atoms with Gasteiger partial charge in [0.05, 0.1) is 0 Å². The fraction of sp³-hybridized carbons (Fsp3) is 0.500. The van der Waals surface area contributed by atoms with Crippen LogP contribution in [0, 0.1) is 13.8 Å². The second-order valence-electron chi connectivity index (χ2n) is 5.72. The Hall–Kier alpha value is -1.84. The molecule has 0 saturated heterocycles. The number of carboxylic acid groups (broad SMARTS) is 1. The first kappa shape index (κ1) is 14.6. The van der Waals surface area contributed by atoms with Crippen LogP contribution in [0.2, 0.25) is 0 Å². The molecule has 1 aliphatic rings. The minimum atomic E-state index is -1.09. The van der Waals surface area contributed by atoms with Gasteiger partial charge < -0.3 is 10.4 Å². The highest BCUT2D eigenvalue weighted by molar-refractivity contribution is 5.99. The van der Waals surface area contributed by atoms with Crippen LogP contribution in [0.3, 0.4) is 0 Å². The van der Waals surface area contributed by atoms with Gasteiger partial charge in [-0.2, -0.15) is 0 Å². The fourth-order valence-electron chi connectivity index (χ4n) is 2.90. The van der Waals surface area contributed by atoms with Crippen molar-refractivity contribution in [1.29, 1.82) is 0 Å². The second kappa shape index (κ2) is 5.65. The summed E-state index contributed by atoms with van der Waals surface area (Å²) in [6, 6.07) is 5.57. The number of nitrogens with one attached hydrogen (secondary N) is 1. The molecule has 1 aliphatic carbocycles. The third kappa shape index (κ3) is 2.84. The minimum absolute atomic E-state index is 0.285. The van der Waals surface area contributed by atoms with Crippen molar-refractivity contribution in [2.75, 3.05) is 0 Å². The van der Waals surface area contributed by atoms with Crippen LogP contribution in [-0.4, -0.2) is 22.5 Å². The first-order chi connectivity index (χ1) is 9.44. The summed E-state index contributed by atoms with van der Waals surface area (Å²) in [4.78, 5) is 23.9. The van der Waals surface area contributed by atoms with Gasteiger partial charge in [-0.1, -0.05) is 37.0 Å². The van der Waals surface area contributed by atoms with Crippen LogP contribution in [0.4, 0.5) is 0 Å². The lowest BCUT2D eigenvalue weighted by Crippen LogP contribution is -2.55. The van der Waals surface area contributed by atoms with Gasteiger partial charge in [-0.15, -0.1) is 0 Å². The molecule has 108 valence electrons. The van der Waals surface area contributed by atoms with Crippen molar-refractivity contribution in [2.45, 2.75) is 51.5 Å². The van der Waals surface area contributed by atoms with E-state index >= 15 is 0 Å². The molecule has 1 aromatic carbocycles. The first-order valence-corrected chi connectivity index (χ1v) is 7.08. The third-order valence-electron chi connectivity index (χ3n) is 4.10. The Morgan fingerprint density at radius 2 is 1.80 bits per heavy atom. The molecule has 0 heterocycles. The zero-order valence-electron chi connectivity index (χ0n) is 12.0. The quantitative estimate of drug-likeness (QED) is 0.891. The Morgan fingerprint density at radius 3 is 2.35 bits per heavy atom. The number of hydrogen-bond donors (Lipinski definition) is 2. The lowest BCUT2D eigenvalue weighted by molar-refractivity contribution is -0.145. The molecule has 0 atom stereocenters. The summed E-state index contributed by atoms with van der Waals surface area (Å²) in [6.07, 6.45) is 3.76. The van der Waals surface area contributed by atoms with Gasteiger partial charge >= 0.3 is 5.97 Å². The van der Waals surface area contributed by atoms with Gasteiger partial charge in [0.15, 0.2) is 0 Å². The van der Waals surface area contributed by atoms with Crippen LogP contribution >= 0.6 is 0 Å². The lowest BCUT2D eigenvalue weighted by atomic mass is 9.81. The molecule has 0 unspecified atom stereocenters. The summed E-state index contributed by atoms with van der Waals surface area (Å²) in [7, 11) is 0. The predicted molar refractivity (Wildman–Crippen MR) is 76.8 cm³/mol. The van der Waals surface area contributed by atoms with Crippen molar-refractivity contribution in [2.24, 2.45) is 0 Å². The van der Waals surface area contributed by atoms with E-state index in [1.807, 2.05) is 26.0 Å². The largest absolute Gasteiger partial charge is 0.480 e. The van der Waals surface area contributed by atoms with Gasteiger partial charge in [-0.3, -0.25) is 4.79 Å². The molecule has 20 heavy (non-hydrogen) atoms. The molecule has 1 aromatic rings. The van der Waals surface area contributed by atoms with Crippen LogP contribution in [-0.2, 0) is 4.79 Å². The topological polar surface area (TPSA) is 66.4 Å². The van der Waals surface area contributed by atoms with Crippen LogP contribution in [0.1, 0.15) is 53.6 Å². The molecule has 1 amide bonds. The predicted octanol–water partition coefficient (Wildman–Crippen LogP) is 2.82. The number of carboxylic acids is 1. The van der Waals surface area contributed by atoms with Crippen LogP contribution in [0.15, 0.2) is 18.2 Å². The highest BCUT2D eigenvalue weighted by Crippen LogP contribution is 2.29. The summed E-state index contributed by atoms with van der Waals surface area (Å²) in [5, 5.41) is 12.3. The zero-order chi connectivity index (χ0) is 14.8. The smallest absolute Gasteiger partial charge is 0.329 e. The van der Waals surface area contributed by atoms with Gasteiger partial charge in [-0.05, 0) is 38.3 Å². The molecule has 4 nitrogen and oxygen atoms in total. The van der Waals surface area contributed by atoms with Crippen molar-refractivity contribution in [3.05, 3.63) is 34.9 Å². The van der Waals surface area contributed by atoms with Crippen LogP contribution < -0.4 is 5.32 Å². The standard InChI is InChI=1S/C16H21NO3/c1-11-6-7-13(12(2)10-11)14(18)17-16(15(19)20)8-4-3-5-9-16/h6-7,10H,3-5,8-9H2,1-2H3,(H,17,18)(H,19,20). The van der Waals surface area contributed by atoms with Gasteiger partial charge in [0.25, 0.3) is 5.91 Å². The average Bonchev–Trinajstić information content (AvgIpc) is 2.39. The van der Waals surface area contributed by atoms with Crippen LogP contribution in [0.5, 0.6) is 0 Å². The summed E-state index contributed by atoms with van der Waals surface area (Å²) < 4.78 is 0. The molecule has 1 fully saturated rings. The number of hydrogen-bond acceptors (Lipinski definition) is 2. The maximum absolute atomic E-state index is 12.4. The summed E-state index contributed by atoms with van der Waals surface area (Å²) in [5.41, 5.74) is 1.43. The second-order valence-corrected chi connectivity index (χ2v) is 5.72. The van der Waals surface area contributed by atoms with Crippen molar-refractivity contribution in [3.63, 3.8) is 0 Å². The van der Waals surface area contributed by atoms with E-state index in [-0.39, 0.29) is 5.91 Å². The average molecular weight is 275 g/mol. The van der Waals surface area contributed by atoms with Crippen molar-refractivity contribution in [1.82, 2.24) is 5.32 Å². The summed E-state index contributed by atoms with van der Waals surface area (Å²) >= 11 is 0. The number of carbonyl (C=O) groups is 2. The Kier molecular flexibility index (Phi) is 4.12. The van der Waals surface area contributed by atoms with E-state index in [2.05, 4.69) is 5.32 Å². The van der Waals surface area contributed by atoms with E-state index in [4.69, 9.17) is 0 Å². The highest BCUT2D eigenvalue weighted by Gasteiger charge is 2.41. The molecule has 0 radical (unpaired) electrons. The molecular formula is C16H21NO3. The summed E-state index contributed by atoms with van der Waals surface area (Å²) in [6.45, 7) is 3.84. The number of rotatable bonds is 3. The van der Waals surface area contributed by atoms with Crippen LogP contribution in [0.25, 0.3) is 0 Å². The van der Waals surface area contributed by atoms with E-state index in [1.165, 1.54) is 0 Å². The van der Waals surface area contributed by atoms with E-state index in [0.717, 1.165) is 30.4 Å². The maximum Gasteiger partial charge on any atom is 0.329 e. The molecule has 4 heteroatoms. The summed E-state index contributed by atoms with van der Waals surface area (Å²) in [5.74, 6) is -1.21. The van der Waals surface area contributed by atoms with Crippen molar-refractivity contribution in [3.8, 4) is 0 Å². The molecule has 0 aromatic heterocycles. The van der Waals surface area contributed by atoms with E-state index < -0.39 is 11.5 Å². The van der Waals surface area contributed by atoms with E-state index in [1.54, 1.807) is 6.07 Å². The van der Waals surface area contributed by atoms with Gasteiger partial charge in [0.1, 0.15) is 5.54 Å². The zero-order valence-corrected chi connectivity index (χ0v) is 12.0. The number of carbonyl (C=O) groups excluding carboxylic acids is 1. The molecule has 0 bridgehead atoms. The Balaban J connectivity index is 2.22. The first-order valence-electron chi connectivity index (χ1n) is 7.08. The van der Waals surface area contributed by atoms with Gasteiger partial charge in [-0.25, -0.2) is 4.79 Å². The van der Waals surface area contributed by atoms with E-state index in [9.17, 15) is 14.7 Å². The fourth-order valence-corrected chi connectivity index (χ4v) is 2.90. The van der Waals surface area contributed by atoms with E-state index in [0.29, 0.717) is 18.4 Å². The third-order valence-corrected chi connectivity index (χ3v) is 4.10. The van der Waals surface area contributed by atoms with Gasteiger partial charge in [0, 0.05) is 5.56 Å². The highest BCUT2D eigenvalue weighted by atomic mass is 16.4. The van der Waals surface area contributed by atoms with Crippen molar-refractivity contribution >= 4 is 11.9 Å². The SMILES string of the molecule is Cc1ccc(C(=O)NC2(C(=O)O)CCCCC2)c(C)c1. The molecule has 0 aliphatic heterocycles. The molecule has 2 N–H and O–H groups in total. The Morgan fingerprint density at radius 1 is 1.15 bits per heavy atom. The maximum atomic E-state index is 12.4. The normalized spacial score (nSPS) is 17.5. The molecule has 2 rings (SSSR count). The molecular weight excluding hydrogens is 254 g/mol. The minimum Gasteiger partial charge on any atom is -0.480 e. The number of aryl methyl sites for hydroxylation is 2. The Bertz CT molecular complexity index is 531. The Labute approximate surface area is 119 Å². The molecule has 0 spiro atoms. The number of aliphatic carboxylic acids is 1. The molecule has 1 saturated carbocycles. The van der Waals surface area contributed by atoms with Crippen molar-refractivity contribution < 1.29 is 14.7 Å². The monoisotopic (exact) mass is 275 g/mol. The number of amides is 1. The lowest BCUT2D eigenvalue weighted by Gasteiger charge is -2.34. The number of benzene rings is 1.